The van der Waals surface area contributed by atoms with Gasteiger partial charge in [-0.2, -0.15) is 0 Å². The molecule has 3 aliphatic carbocycles. The number of nitrogens with one attached hydrogen (secondary N) is 1. The number of esters is 1. The summed E-state index contributed by atoms with van der Waals surface area (Å²) in [5.74, 6) is 3.29. The molecule has 4 rings (SSSR count). The molecule has 0 aromatic rings. The number of likely N-dealkylation sites (tertiary alicyclic amines) is 1. The van der Waals surface area contributed by atoms with Crippen LogP contribution in [-0.4, -0.2) is 49.4 Å². The summed E-state index contributed by atoms with van der Waals surface area (Å²) in [6.07, 6.45) is 15.3. The summed E-state index contributed by atoms with van der Waals surface area (Å²) < 4.78 is 4.67. The number of ether oxygens (including phenoxy) is 1. The predicted octanol–water partition coefficient (Wildman–Crippen LogP) is 5.49. The number of fused-ring (bicyclic) bond motifs is 5. The first-order chi connectivity index (χ1) is 17.2. The molecule has 36 heavy (non-hydrogen) atoms. The summed E-state index contributed by atoms with van der Waals surface area (Å²) in [7, 11) is 3.47. The highest BCUT2D eigenvalue weighted by Crippen LogP contribution is 2.66. The second kappa shape index (κ2) is 11.4. The lowest BCUT2D eigenvalue weighted by atomic mass is 9.47. The number of hydrogen-bond donors (Lipinski definition) is 1. The first-order valence-electron chi connectivity index (χ1n) is 14.8. The summed E-state index contributed by atoms with van der Waals surface area (Å²) in [6.45, 7) is 5.85. The van der Waals surface area contributed by atoms with Gasteiger partial charge in [0.05, 0.1) is 7.11 Å². The van der Waals surface area contributed by atoms with Gasteiger partial charge in [-0.15, -0.1) is 0 Å². The molecule has 6 nitrogen and oxygen atoms in total. The number of carbonyl (C=O) groups is 3. The fourth-order valence-electron chi connectivity index (χ4n) is 9.11. The van der Waals surface area contributed by atoms with Crippen LogP contribution in [0.25, 0.3) is 0 Å². The van der Waals surface area contributed by atoms with Gasteiger partial charge in [0.15, 0.2) is 0 Å². The van der Waals surface area contributed by atoms with Crippen molar-refractivity contribution in [1.29, 1.82) is 0 Å². The molecule has 2 amide bonds. The highest BCUT2D eigenvalue weighted by Gasteiger charge is 2.60. The summed E-state index contributed by atoms with van der Waals surface area (Å²) >= 11 is 0. The smallest absolute Gasteiger partial charge is 0.305 e. The van der Waals surface area contributed by atoms with Crippen LogP contribution in [0.5, 0.6) is 0 Å². The van der Waals surface area contributed by atoms with Crippen LogP contribution in [0.1, 0.15) is 110 Å². The number of unbranched alkanes of at least 4 members (excludes halogenated alkanes) is 4. The van der Waals surface area contributed by atoms with Crippen molar-refractivity contribution in [3.05, 3.63) is 0 Å². The van der Waals surface area contributed by atoms with Crippen LogP contribution in [0.3, 0.4) is 0 Å². The molecule has 4 fully saturated rings. The molecule has 1 aliphatic heterocycles. The monoisotopic (exact) mass is 502 g/mol. The van der Waals surface area contributed by atoms with Gasteiger partial charge in [-0.05, 0) is 92.3 Å². The Bertz CT molecular complexity index is 815. The fourth-order valence-corrected chi connectivity index (χ4v) is 9.11. The molecule has 1 unspecified atom stereocenters. The summed E-state index contributed by atoms with van der Waals surface area (Å²) in [5.41, 5.74) is 0.617. The Morgan fingerprint density at radius 2 is 1.61 bits per heavy atom. The van der Waals surface area contributed by atoms with Gasteiger partial charge in [0, 0.05) is 38.9 Å². The Labute approximate surface area is 218 Å². The number of nitrogens with zero attached hydrogens (tertiary/aromatic N) is 1. The van der Waals surface area contributed by atoms with Crippen LogP contribution in [0, 0.1) is 34.5 Å². The Balaban J connectivity index is 1.22. The zero-order valence-corrected chi connectivity index (χ0v) is 23.3. The molecule has 3 saturated carbocycles. The molecule has 6 heteroatoms. The topological polar surface area (TPSA) is 75.7 Å². The quantitative estimate of drug-likeness (QED) is 0.317. The number of amides is 2. The molecule has 0 spiro atoms. The van der Waals surface area contributed by atoms with Gasteiger partial charge in [-0.3, -0.25) is 14.4 Å². The van der Waals surface area contributed by atoms with Gasteiger partial charge >= 0.3 is 5.97 Å². The highest BCUT2D eigenvalue weighted by atomic mass is 16.5. The Morgan fingerprint density at radius 1 is 0.917 bits per heavy atom. The van der Waals surface area contributed by atoms with Crippen molar-refractivity contribution in [3.8, 4) is 0 Å². The minimum atomic E-state index is -0.134. The first-order valence-corrected chi connectivity index (χ1v) is 14.8. The summed E-state index contributed by atoms with van der Waals surface area (Å²) in [4.78, 5) is 38.2. The van der Waals surface area contributed by atoms with Crippen molar-refractivity contribution in [2.45, 2.75) is 116 Å². The van der Waals surface area contributed by atoms with Crippen molar-refractivity contribution in [2.75, 3.05) is 20.7 Å². The second-order valence-corrected chi connectivity index (χ2v) is 12.9. The molecule has 4 aliphatic rings. The van der Waals surface area contributed by atoms with Crippen LogP contribution in [0.2, 0.25) is 0 Å². The third kappa shape index (κ3) is 5.34. The third-order valence-corrected chi connectivity index (χ3v) is 11.3. The first kappa shape index (κ1) is 27.4. The SMILES string of the molecule is COC(=O)CCCCCCCC(=O)NCC1CC[C@H]2[C@@H]3CC[C@H]4N(C)C(=O)CC[C@]4(C)[C@H]3CC[C@]12C. The van der Waals surface area contributed by atoms with Crippen molar-refractivity contribution < 1.29 is 19.1 Å². The molecular weight excluding hydrogens is 452 g/mol. The largest absolute Gasteiger partial charge is 0.469 e. The van der Waals surface area contributed by atoms with Crippen LogP contribution in [0.15, 0.2) is 0 Å². The van der Waals surface area contributed by atoms with Gasteiger partial charge < -0.3 is 15.0 Å². The number of hydrogen-bond acceptors (Lipinski definition) is 4. The molecule has 0 aromatic heterocycles. The number of rotatable bonds is 10. The van der Waals surface area contributed by atoms with E-state index in [9.17, 15) is 14.4 Å². The maximum atomic E-state index is 12.6. The lowest BCUT2D eigenvalue weighted by Crippen LogP contribution is -2.61. The van der Waals surface area contributed by atoms with E-state index < -0.39 is 0 Å². The van der Waals surface area contributed by atoms with E-state index in [0.717, 1.165) is 75.7 Å². The summed E-state index contributed by atoms with van der Waals surface area (Å²) in [5, 5.41) is 3.30. The second-order valence-electron chi connectivity index (χ2n) is 12.9. The van der Waals surface area contributed by atoms with Crippen molar-refractivity contribution in [3.63, 3.8) is 0 Å². The lowest BCUT2D eigenvalue weighted by molar-refractivity contribution is -0.158. The molecule has 0 aromatic carbocycles. The van der Waals surface area contributed by atoms with Crippen LogP contribution < -0.4 is 5.32 Å². The van der Waals surface area contributed by atoms with Crippen LogP contribution >= 0.6 is 0 Å². The highest BCUT2D eigenvalue weighted by molar-refractivity contribution is 5.77. The zero-order valence-electron chi connectivity index (χ0n) is 23.3. The third-order valence-electron chi connectivity index (χ3n) is 11.3. The van der Waals surface area contributed by atoms with Gasteiger partial charge in [0.2, 0.25) is 11.8 Å². The Hall–Kier alpha value is -1.59. The van der Waals surface area contributed by atoms with Crippen LogP contribution in [-0.2, 0) is 19.1 Å². The van der Waals surface area contributed by atoms with E-state index in [1.165, 1.54) is 39.2 Å². The van der Waals surface area contributed by atoms with Gasteiger partial charge in [0.1, 0.15) is 0 Å². The molecule has 1 saturated heterocycles. The molecule has 0 radical (unpaired) electrons. The number of carbonyl (C=O) groups excluding carboxylic acids is 3. The van der Waals surface area contributed by atoms with E-state index in [0.29, 0.717) is 36.1 Å². The zero-order chi connectivity index (χ0) is 25.9. The number of piperidine rings is 1. The molecule has 0 bridgehead atoms. The van der Waals surface area contributed by atoms with Gasteiger partial charge in [-0.25, -0.2) is 0 Å². The average molecular weight is 503 g/mol. The Kier molecular flexibility index (Phi) is 8.71. The minimum absolute atomic E-state index is 0.134. The predicted molar refractivity (Wildman–Crippen MR) is 141 cm³/mol. The molecule has 7 atom stereocenters. The standard InChI is InChI=1S/C30H50N2O4/c1-29-18-16-24-22(13-15-25-30(24,2)19-17-27(34)32(25)3)23(29)14-12-21(29)20-31-26(33)10-8-6-5-7-9-11-28(35)36-4/h21-25H,5-20H2,1-4H3,(H,31,33)/t21?,22-,23-,24-,25+,29+,30+/m0/s1. The van der Waals surface area contributed by atoms with E-state index in [1.54, 1.807) is 0 Å². The van der Waals surface area contributed by atoms with E-state index in [2.05, 4.69) is 28.8 Å². The van der Waals surface area contributed by atoms with E-state index in [-0.39, 0.29) is 17.3 Å². The summed E-state index contributed by atoms with van der Waals surface area (Å²) in [6, 6.07) is 0.425. The maximum absolute atomic E-state index is 12.6. The van der Waals surface area contributed by atoms with Crippen molar-refractivity contribution in [2.24, 2.45) is 34.5 Å². The molecule has 1 heterocycles. The van der Waals surface area contributed by atoms with Crippen molar-refractivity contribution in [1.82, 2.24) is 10.2 Å². The van der Waals surface area contributed by atoms with E-state index >= 15 is 0 Å². The van der Waals surface area contributed by atoms with E-state index in [4.69, 9.17) is 0 Å². The average Bonchev–Trinajstić information content (AvgIpc) is 3.20. The minimum Gasteiger partial charge on any atom is -0.469 e. The molecule has 204 valence electrons. The fraction of sp³-hybridized carbons (Fsp3) is 0.900. The van der Waals surface area contributed by atoms with E-state index in [1.807, 2.05) is 7.05 Å². The van der Waals surface area contributed by atoms with Gasteiger partial charge in [-0.1, -0.05) is 33.1 Å². The Morgan fingerprint density at radius 3 is 2.36 bits per heavy atom. The van der Waals surface area contributed by atoms with Gasteiger partial charge in [0.25, 0.3) is 0 Å². The van der Waals surface area contributed by atoms with Crippen molar-refractivity contribution >= 4 is 17.8 Å². The maximum Gasteiger partial charge on any atom is 0.305 e. The number of methoxy groups -OCH3 is 1. The molecular formula is C30H50N2O4. The van der Waals surface area contributed by atoms with Crippen LogP contribution in [0.4, 0.5) is 0 Å². The normalized spacial score (nSPS) is 37.6. The lowest BCUT2D eigenvalue weighted by Gasteiger charge is -2.61. The molecule has 1 N–H and O–H groups in total.